The molecule has 1 heterocycles. The minimum Gasteiger partial charge on any atom is -0.495 e. The van der Waals surface area contributed by atoms with Crippen LogP contribution in [0, 0.1) is 0 Å². The molecule has 0 aliphatic carbocycles. The molecule has 0 fully saturated rings. The Hall–Kier alpha value is -2.79. The number of benzene rings is 2. The number of carbonyl (C=O) groups excluding carboxylic acids is 1. The van der Waals surface area contributed by atoms with Gasteiger partial charge in [0.2, 0.25) is 5.91 Å². The number of halogens is 1. The SMILES string of the molecule is COc1ccc(Cl)cc1NC(=O)Cc1cnn(-c2ccccc2)c1. The lowest BCUT2D eigenvalue weighted by molar-refractivity contribution is -0.115. The summed E-state index contributed by atoms with van der Waals surface area (Å²) in [5, 5.41) is 7.63. The number of nitrogens with zero attached hydrogens (tertiary/aromatic N) is 2. The van der Waals surface area contributed by atoms with Gasteiger partial charge in [-0.1, -0.05) is 29.8 Å². The van der Waals surface area contributed by atoms with Crippen molar-refractivity contribution in [1.29, 1.82) is 0 Å². The van der Waals surface area contributed by atoms with Crippen molar-refractivity contribution in [2.75, 3.05) is 12.4 Å². The molecule has 3 aromatic rings. The lowest BCUT2D eigenvalue weighted by Gasteiger charge is -2.10. The molecule has 0 saturated heterocycles. The number of nitrogens with one attached hydrogen (secondary N) is 1. The van der Waals surface area contributed by atoms with Crippen LogP contribution in [0.2, 0.25) is 5.02 Å². The van der Waals surface area contributed by atoms with Crippen molar-refractivity contribution in [3.8, 4) is 11.4 Å². The van der Waals surface area contributed by atoms with Crippen molar-refractivity contribution in [2.45, 2.75) is 6.42 Å². The first-order chi connectivity index (χ1) is 11.7. The number of amides is 1. The van der Waals surface area contributed by atoms with Gasteiger partial charge in [-0.25, -0.2) is 4.68 Å². The highest BCUT2D eigenvalue weighted by Gasteiger charge is 2.10. The van der Waals surface area contributed by atoms with Crippen molar-refractivity contribution in [1.82, 2.24) is 9.78 Å². The van der Waals surface area contributed by atoms with Crippen LogP contribution in [0.3, 0.4) is 0 Å². The molecule has 0 unspecified atom stereocenters. The van der Waals surface area contributed by atoms with Gasteiger partial charge in [-0.3, -0.25) is 4.79 Å². The summed E-state index contributed by atoms with van der Waals surface area (Å²) in [5.41, 5.74) is 2.31. The fraction of sp³-hybridized carbons (Fsp3) is 0.111. The summed E-state index contributed by atoms with van der Waals surface area (Å²) in [6.45, 7) is 0. The number of anilines is 1. The van der Waals surface area contributed by atoms with E-state index in [1.165, 1.54) is 0 Å². The smallest absolute Gasteiger partial charge is 0.229 e. The van der Waals surface area contributed by atoms with E-state index in [-0.39, 0.29) is 12.3 Å². The molecule has 122 valence electrons. The first-order valence-corrected chi connectivity index (χ1v) is 7.76. The first kappa shape index (κ1) is 16.1. The maximum absolute atomic E-state index is 12.3. The number of methoxy groups -OCH3 is 1. The van der Waals surface area contributed by atoms with Crippen LogP contribution in [0.25, 0.3) is 5.69 Å². The quantitative estimate of drug-likeness (QED) is 0.769. The number of para-hydroxylation sites is 1. The Morgan fingerprint density at radius 3 is 2.79 bits per heavy atom. The summed E-state index contributed by atoms with van der Waals surface area (Å²) in [4.78, 5) is 12.3. The third kappa shape index (κ3) is 3.75. The first-order valence-electron chi connectivity index (χ1n) is 7.38. The summed E-state index contributed by atoms with van der Waals surface area (Å²) >= 11 is 5.97. The van der Waals surface area contributed by atoms with Gasteiger partial charge >= 0.3 is 0 Å². The van der Waals surface area contributed by atoms with Crippen LogP contribution in [-0.2, 0) is 11.2 Å². The molecule has 24 heavy (non-hydrogen) atoms. The molecule has 2 aromatic carbocycles. The van der Waals surface area contributed by atoms with Gasteiger partial charge in [-0.05, 0) is 35.9 Å². The Labute approximate surface area is 144 Å². The van der Waals surface area contributed by atoms with Crippen LogP contribution in [0.15, 0.2) is 60.9 Å². The summed E-state index contributed by atoms with van der Waals surface area (Å²) in [7, 11) is 1.54. The van der Waals surface area contributed by atoms with Crippen molar-refractivity contribution >= 4 is 23.2 Å². The molecule has 1 amide bonds. The van der Waals surface area contributed by atoms with Gasteiger partial charge < -0.3 is 10.1 Å². The minimum atomic E-state index is -0.164. The molecule has 0 radical (unpaired) electrons. The number of rotatable bonds is 5. The summed E-state index contributed by atoms with van der Waals surface area (Å²) < 4.78 is 6.96. The molecule has 0 spiro atoms. The average Bonchev–Trinajstić information content (AvgIpc) is 3.04. The lowest BCUT2D eigenvalue weighted by atomic mass is 10.2. The normalized spacial score (nSPS) is 10.4. The largest absolute Gasteiger partial charge is 0.495 e. The molecule has 5 nitrogen and oxygen atoms in total. The zero-order valence-corrected chi connectivity index (χ0v) is 13.8. The van der Waals surface area contributed by atoms with E-state index < -0.39 is 0 Å². The van der Waals surface area contributed by atoms with E-state index in [9.17, 15) is 4.79 Å². The summed E-state index contributed by atoms with van der Waals surface area (Å²) in [6, 6.07) is 14.8. The van der Waals surface area contributed by atoms with E-state index in [0.29, 0.717) is 16.5 Å². The van der Waals surface area contributed by atoms with Gasteiger partial charge in [0, 0.05) is 11.2 Å². The van der Waals surface area contributed by atoms with Gasteiger partial charge in [0.25, 0.3) is 0 Å². The Bertz CT molecular complexity index is 846. The molecule has 6 heteroatoms. The molecule has 1 aromatic heterocycles. The zero-order chi connectivity index (χ0) is 16.9. The van der Waals surface area contributed by atoms with Crippen molar-refractivity contribution in [2.24, 2.45) is 0 Å². The minimum absolute atomic E-state index is 0.164. The Morgan fingerprint density at radius 1 is 1.25 bits per heavy atom. The molecule has 0 aliphatic heterocycles. The van der Waals surface area contributed by atoms with E-state index in [4.69, 9.17) is 16.3 Å². The van der Waals surface area contributed by atoms with Crippen LogP contribution in [0.1, 0.15) is 5.56 Å². The molecule has 0 saturated carbocycles. The van der Waals surface area contributed by atoms with Gasteiger partial charge in [-0.15, -0.1) is 0 Å². The van der Waals surface area contributed by atoms with E-state index in [1.54, 1.807) is 36.2 Å². The van der Waals surface area contributed by atoms with Gasteiger partial charge in [0.1, 0.15) is 5.75 Å². The van der Waals surface area contributed by atoms with Gasteiger partial charge in [-0.2, -0.15) is 5.10 Å². The van der Waals surface area contributed by atoms with Crippen molar-refractivity contribution < 1.29 is 9.53 Å². The molecular formula is C18H16ClN3O2. The lowest BCUT2D eigenvalue weighted by Crippen LogP contribution is -2.14. The number of ether oxygens (including phenoxy) is 1. The van der Waals surface area contributed by atoms with Crippen molar-refractivity contribution in [3.05, 3.63) is 71.5 Å². The predicted molar refractivity (Wildman–Crippen MR) is 93.9 cm³/mol. The second-order valence-electron chi connectivity index (χ2n) is 5.20. The number of aromatic nitrogens is 2. The van der Waals surface area contributed by atoms with Crippen molar-refractivity contribution in [3.63, 3.8) is 0 Å². The maximum atomic E-state index is 12.3. The highest BCUT2D eigenvalue weighted by molar-refractivity contribution is 6.31. The maximum Gasteiger partial charge on any atom is 0.229 e. The molecule has 1 N–H and O–H groups in total. The third-order valence-electron chi connectivity index (χ3n) is 3.46. The van der Waals surface area contributed by atoms with Gasteiger partial charge in [0.05, 0.1) is 31.1 Å². The highest BCUT2D eigenvalue weighted by Crippen LogP contribution is 2.27. The second-order valence-corrected chi connectivity index (χ2v) is 5.63. The molecule has 0 bridgehead atoms. The Balaban J connectivity index is 1.70. The number of hydrogen-bond donors (Lipinski definition) is 1. The van der Waals surface area contributed by atoms with Gasteiger partial charge in [0.15, 0.2) is 0 Å². The fourth-order valence-corrected chi connectivity index (χ4v) is 2.50. The van der Waals surface area contributed by atoms with E-state index in [2.05, 4.69) is 10.4 Å². The Morgan fingerprint density at radius 2 is 2.04 bits per heavy atom. The second kappa shape index (κ2) is 7.19. The molecular weight excluding hydrogens is 326 g/mol. The predicted octanol–water partition coefficient (Wildman–Crippen LogP) is 3.72. The van der Waals surface area contributed by atoms with Crippen LogP contribution in [-0.4, -0.2) is 22.8 Å². The molecule has 3 rings (SSSR count). The third-order valence-corrected chi connectivity index (χ3v) is 3.69. The van der Waals surface area contributed by atoms with E-state index >= 15 is 0 Å². The fourth-order valence-electron chi connectivity index (χ4n) is 2.33. The zero-order valence-electron chi connectivity index (χ0n) is 13.1. The standard InChI is InChI=1S/C18H16ClN3O2/c1-24-17-8-7-14(19)10-16(17)21-18(23)9-13-11-20-22(12-13)15-5-3-2-4-6-15/h2-8,10-12H,9H2,1H3,(H,21,23). The van der Waals surface area contributed by atoms with Crippen LogP contribution < -0.4 is 10.1 Å². The Kier molecular flexibility index (Phi) is 4.82. The topological polar surface area (TPSA) is 56.1 Å². The van der Waals surface area contributed by atoms with E-state index in [0.717, 1.165) is 11.3 Å². The highest BCUT2D eigenvalue weighted by atomic mass is 35.5. The average molecular weight is 342 g/mol. The summed E-state index contributed by atoms with van der Waals surface area (Å²) in [6.07, 6.45) is 3.73. The molecule has 0 aliphatic rings. The number of carbonyl (C=O) groups is 1. The monoisotopic (exact) mass is 341 g/mol. The van der Waals surface area contributed by atoms with Crippen LogP contribution >= 0.6 is 11.6 Å². The molecule has 0 atom stereocenters. The van der Waals surface area contributed by atoms with Crippen LogP contribution in [0.5, 0.6) is 5.75 Å². The van der Waals surface area contributed by atoms with E-state index in [1.807, 2.05) is 36.5 Å². The number of hydrogen-bond acceptors (Lipinski definition) is 3. The van der Waals surface area contributed by atoms with Crippen LogP contribution in [0.4, 0.5) is 5.69 Å². The summed E-state index contributed by atoms with van der Waals surface area (Å²) in [5.74, 6) is 0.399.